The quantitative estimate of drug-likeness (QED) is 0.456. The molecule has 0 aliphatic carbocycles. The van der Waals surface area contributed by atoms with Crippen LogP contribution in [0.4, 0.5) is 13.2 Å². The fourth-order valence-electron chi connectivity index (χ4n) is 6.17. The van der Waals surface area contributed by atoms with Crippen LogP contribution in [0.5, 0.6) is 5.75 Å². The highest BCUT2D eigenvalue weighted by molar-refractivity contribution is 5.94. The molecule has 1 aromatic heterocycles. The van der Waals surface area contributed by atoms with E-state index in [1.54, 1.807) is 4.90 Å². The number of halogens is 3. The van der Waals surface area contributed by atoms with Crippen molar-refractivity contribution in [3.63, 3.8) is 0 Å². The predicted octanol–water partition coefficient (Wildman–Crippen LogP) is 4.48. The second-order valence-corrected chi connectivity index (χ2v) is 10.9. The van der Waals surface area contributed by atoms with Gasteiger partial charge in [0, 0.05) is 57.0 Å². The summed E-state index contributed by atoms with van der Waals surface area (Å²) in [5.74, 6) is 0.675. The molecule has 5 rings (SSSR count). The van der Waals surface area contributed by atoms with Crippen LogP contribution in [0.15, 0.2) is 30.5 Å². The molecule has 3 saturated heterocycles. The van der Waals surface area contributed by atoms with Crippen molar-refractivity contribution >= 4 is 5.91 Å². The van der Waals surface area contributed by atoms with Crippen LogP contribution < -0.4 is 4.74 Å². The van der Waals surface area contributed by atoms with Crippen molar-refractivity contribution in [3.8, 4) is 5.75 Å². The Balaban J connectivity index is 1.16. The van der Waals surface area contributed by atoms with Crippen molar-refractivity contribution in [1.82, 2.24) is 19.7 Å². The number of carbonyl (C=O) groups excluding carboxylic acids is 1. The number of fused-ring (bicyclic) bond motifs is 2. The first kappa shape index (κ1) is 27.9. The van der Waals surface area contributed by atoms with E-state index in [-0.39, 0.29) is 29.6 Å². The number of morpholine rings is 1. The second kappa shape index (κ2) is 11.4. The fourth-order valence-corrected chi connectivity index (χ4v) is 6.17. The fraction of sp³-hybridized carbons (Fsp3) is 0.586. The topological polar surface area (TPSA) is 58.1 Å². The van der Waals surface area contributed by atoms with E-state index in [1.165, 1.54) is 17.2 Å². The van der Waals surface area contributed by atoms with E-state index < -0.39 is 11.9 Å². The Morgan fingerprint density at radius 1 is 1.10 bits per heavy atom. The van der Waals surface area contributed by atoms with E-state index in [9.17, 15) is 18.0 Å². The SMILES string of the molecule is Cc1c(OCCCN2CCOCC2)ccc([C@H](C)N2C[C@@H]3C[C@H]2CN3C(=O)c2ccc(C(F)(F)F)nc2)c1C. The van der Waals surface area contributed by atoms with Crippen LogP contribution in [0.25, 0.3) is 0 Å². The zero-order valence-corrected chi connectivity index (χ0v) is 22.8. The van der Waals surface area contributed by atoms with E-state index in [0.29, 0.717) is 13.2 Å². The third-order valence-electron chi connectivity index (χ3n) is 8.55. The number of aromatic nitrogens is 1. The van der Waals surface area contributed by atoms with Gasteiger partial charge in [-0.3, -0.25) is 19.6 Å². The van der Waals surface area contributed by atoms with Crippen LogP contribution in [0, 0.1) is 13.8 Å². The number of hydrogen-bond acceptors (Lipinski definition) is 6. The molecule has 0 radical (unpaired) electrons. The molecule has 0 saturated carbocycles. The van der Waals surface area contributed by atoms with Gasteiger partial charge in [0.1, 0.15) is 11.4 Å². The van der Waals surface area contributed by atoms with Gasteiger partial charge in [-0.25, -0.2) is 0 Å². The Kier molecular flexibility index (Phi) is 8.16. The van der Waals surface area contributed by atoms with E-state index in [4.69, 9.17) is 9.47 Å². The molecule has 7 nitrogen and oxygen atoms in total. The Hall–Kier alpha value is -2.69. The molecular formula is C29H37F3N4O3. The Bertz CT molecular complexity index is 1170. The summed E-state index contributed by atoms with van der Waals surface area (Å²) in [7, 11) is 0. The first-order valence-corrected chi connectivity index (χ1v) is 13.8. The lowest BCUT2D eigenvalue weighted by Gasteiger charge is -2.38. The van der Waals surface area contributed by atoms with Crippen molar-refractivity contribution < 1.29 is 27.4 Å². The minimum Gasteiger partial charge on any atom is -0.493 e. The van der Waals surface area contributed by atoms with Crippen LogP contribution in [0.1, 0.15) is 58.5 Å². The van der Waals surface area contributed by atoms with Crippen molar-refractivity contribution in [2.24, 2.45) is 0 Å². The molecule has 4 heterocycles. The van der Waals surface area contributed by atoms with E-state index in [1.807, 2.05) is 0 Å². The summed E-state index contributed by atoms with van der Waals surface area (Å²) < 4.78 is 50.1. The van der Waals surface area contributed by atoms with Crippen molar-refractivity contribution in [1.29, 1.82) is 0 Å². The van der Waals surface area contributed by atoms with E-state index in [2.05, 4.69) is 47.7 Å². The highest BCUT2D eigenvalue weighted by atomic mass is 19.4. The lowest BCUT2D eigenvalue weighted by atomic mass is 9.96. The molecule has 212 valence electrons. The van der Waals surface area contributed by atoms with Crippen LogP contribution in [0.3, 0.4) is 0 Å². The third-order valence-corrected chi connectivity index (χ3v) is 8.55. The van der Waals surface area contributed by atoms with Crippen molar-refractivity contribution in [2.75, 3.05) is 52.5 Å². The molecule has 1 aromatic carbocycles. The highest BCUT2D eigenvalue weighted by Gasteiger charge is 2.47. The summed E-state index contributed by atoms with van der Waals surface area (Å²) in [5, 5.41) is 0. The minimum atomic E-state index is -4.52. The summed E-state index contributed by atoms with van der Waals surface area (Å²) >= 11 is 0. The van der Waals surface area contributed by atoms with Gasteiger partial charge in [-0.2, -0.15) is 13.2 Å². The van der Waals surface area contributed by atoms with Gasteiger partial charge in [0.2, 0.25) is 0 Å². The van der Waals surface area contributed by atoms with Gasteiger partial charge in [0.25, 0.3) is 5.91 Å². The highest BCUT2D eigenvalue weighted by Crippen LogP contribution is 2.39. The van der Waals surface area contributed by atoms with Crippen molar-refractivity contribution in [2.45, 2.75) is 57.9 Å². The van der Waals surface area contributed by atoms with Gasteiger partial charge < -0.3 is 14.4 Å². The molecule has 2 bridgehead atoms. The van der Waals surface area contributed by atoms with Gasteiger partial charge in [-0.1, -0.05) is 6.07 Å². The van der Waals surface area contributed by atoms with Crippen molar-refractivity contribution in [3.05, 3.63) is 58.4 Å². The standard InChI is InChI=1S/C29H37F3N4O3/c1-19-20(2)26(39-12-4-9-34-10-13-38-14-11-34)7-6-25(19)21(3)35-17-24-15-23(35)18-36(24)28(37)22-5-8-27(33-16-22)29(30,31)32/h5-8,16,21,23-24H,4,9-15,17-18H2,1-3H3/t21-,23-,24-/m0/s1. The molecule has 2 aromatic rings. The Morgan fingerprint density at radius 3 is 2.51 bits per heavy atom. The number of benzene rings is 1. The molecule has 0 spiro atoms. The van der Waals surface area contributed by atoms with Gasteiger partial charge >= 0.3 is 6.18 Å². The first-order chi connectivity index (χ1) is 18.6. The number of likely N-dealkylation sites (tertiary alicyclic amines) is 2. The predicted molar refractivity (Wildman–Crippen MR) is 141 cm³/mol. The number of rotatable bonds is 8. The molecule has 3 aliphatic heterocycles. The number of hydrogen-bond donors (Lipinski definition) is 0. The average Bonchev–Trinajstić information content (AvgIpc) is 3.54. The molecule has 0 unspecified atom stereocenters. The van der Waals surface area contributed by atoms with Gasteiger partial charge in [0.05, 0.1) is 25.4 Å². The zero-order chi connectivity index (χ0) is 27.7. The summed E-state index contributed by atoms with van der Waals surface area (Å²) in [6, 6.07) is 6.77. The Labute approximate surface area is 227 Å². The minimum absolute atomic E-state index is 0.0442. The average molecular weight is 547 g/mol. The number of amides is 1. The van der Waals surface area contributed by atoms with Gasteiger partial charge in [-0.05, 0) is 68.5 Å². The lowest BCUT2D eigenvalue weighted by molar-refractivity contribution is -0.141. The first-order valence-electron chi connectivity index (χ1n) is 13.8. The summed E-state index contributed by atoms with van der Waals surface area (Å²) in [6.45, 7) is 13.1. The number of nitrogens with zero attached hydrogens (tertiary/aromatic N) is 4. The van der Waals surface area contributed by atoms with Crippen LogP contribution in [-0.4, -0.2) is 90.2 Å². The number of carbonyl (C=O) groups is 1. The largest absolute Gasteiger partial charge is 0.493 e. The monoisotopic (exact) mass is 546 g/mol. The number of alkyl halides is 3. The maximum absolute atomic E-state index is 13.0. The summed E-state index contributed by atoms with van der Waals surface area (Å²) in [5.41, 5.74) is 2.84. The van der Waals surface area contributed by atoms with Gasteiger partial charge in [0.15, 0.2) is 0 Å². The van der Waals surface area contributed by atoms with E-state index in [0.717, 1.165) is 75.8 Å². The van der Waals surface area contributed by atoms with Crippen LogP contribution in [-0.2, 0) is 10.9 Å². The summed E-state index contributed by atoms with van der Waals surface area (Å²) in [4.78, 5) is 23.2. The normalized spacial score (nSPS) is 22.9. The van der Waals surface area contributed by atoms with Crippen LogP contribution >= 0.6 is 0 Å². The van der Waals surface area contributed by atoms with E-state index >= 15 is 0 Å². The number of ether oxygens (including phenoxy) is 2. The number of pyridine rings is 1. The van der Waals surface area contributed by atoms with Gasteiger partial charge in [-0.15, -0.1) is 0 Å². The Morgan fingerprint density at radius 2 is 1.87 bits per heavy atom. The maximum Gasteiger partial charge on any atom is 0.433 e. The molecular weight excluding hydrogens is 509 g/mol. The lowest BCUT2D eigenvalue weighted by Crippen LogP contribution is -2.49. The number of piperazine rings is 1. The smallest absolute Gasteiger partial charge is 0.433 e. The molecule has 10 heteroatoms. The summed E-state index contributed by atoms with van der Waals surface area (Å²) in [6.07, 6.45) is -1.64. The second-order valence-electron chi connectivity index (χ2n) is 10.9. The molecule has 3 fully saturated rings. The maximum atomic E-state index is 13.0. The third kappa shape index (κ3) is 5.93. The molecule has 39 heavy (non-hydrogen) atoms. The molecule has 3 atom stereocenters. The zero-order valence-electron chi connectivity index (χ0n) is 22.8. The molecule has 3 aliphatic rings. The molecule has 1 amide bonds. The molecule has 0 N–H and O–H groups in total. The van der Waals surface area contributed by atoms with Crippen LogP contribution in [0.2, 0.25) is 0 Å².